The number of anilines is 2. The third-order valence-corrected chi connectivity index (χ3v) is 3.08. The molecule has 0 saturated heterocycles. The van der Waals surface area contributed by atoms with E-state index in [1.54, 1.807) is 6.07 Å². The van der Waals surface area contributed by atoms with Crippen molar-refractivity contribution < 1.29 is 5.11 Å². The van der Waals surface area contributed by atoms with Crippen LogP contribution in [0.25, 0.3) is 11.4 Å². The van der Waals surface area contributed by atoms with Crippen LogP contribution in [0.15, 0.2) is 36.4 Å². The lowest BCUT2D eigenvalue weighted by Gasteiger charge is -2.23. The molecular weight excluding hydrogens is 266 g/mol. The van der Waals surface area contributed by atoms with Gasteiger partial charge in [-0.3, -0.25) is 0 Å². The summed E-state index contributed by atoms with van der Waals surface area (Å²) in [5.41, 5.74) is 3.50. The average molecular weight is 287 g/mol. The van der Waals surface area contributed by atoms with Gasteiger partial charge in [0.15, 0.2) is 5.82 Å². The van der Waals surface area contributed by atoms with Gasteiger partial charge < -0.3 is 15.4 Å². The fraction of sp³-hybridized carbons (Fsp3) is 0.333. The van der Waals surface area contributed by atoms with Gasteiger partial charge in [-0.1, -0.05) is 37.3 Å². The van der Waals surface area contributed by atoms with Crippen LogP contribution in [0.1, 0.15) is 13.3 Å². The lowest BCUT2D eigenvalue weighted by molar-refractivity contribution is 0.301. The van der Waals surface area contributed by atoms with Crippen LogP contribution in [0.5, 0.6) is 0 Å². The molecule has 0 unspecified atom stereocenters. The zero-order valence-corrected chi connectivity index (χ0v) is 12.2. The molecule has 0 fully saturated rings. The number of nitrogens with one attached hydrogen (secondary N) is 1. The second-order valence-electron chi connectivity index (χ2n) is 4.66. The third kappa shape index (κ3) is 3.90. The van der Waals surface area contributed by atoms with Gasteiger partial charge in [-0.2, -0.15) is 0 Å². The molecule has 0 spiro atoms. The van der Waals surface area contributed by atoms with Crippen molar-refractivity contribution in [1.29, 1.82) is 0 Å². The maximum Gasteiger partial charge on any atom is 0.163 e. The zero-order chi connectivity index (χ0) is 15.1. The van der Waals surface area contributed by atoms with Gasteiger partial charge >= 0.3 is 0 Å². The highest BCUT2D eigenvalue weighted by Crippen LogP contribution is 2.22. The summed E-state index contributed by atoms with van der Waals surface area (Å²) < 4.78 is 0. The van der Waals surface area contributed by atoms with Crippen molar-refractivity contribution in [3.8, 4) is 11.4 Å². The Kier molecular flexibility index (Phi) is 5.48. The molecule has 6 nitrogen and oxygen atoms in total. The minimum Gasteiger partial charge on any atom is -0.395 e. The van der Waals surface area contributed by atoms with Crippen LogP contribution in [0.2, 0.25) is 0 Å². The Bertz CT molecular complexity index is 555. The number of aromatic nitrogens is 2. The Morgan fingerprint density at radius 3 is 2.57 bits per heavy atom. The molecule has 2 rings (SSSR count). The van der Waals surface area contributed by atoms with Crippen LogP contribution in [0.3, 0.4) is 0 Å². The first-order valence-corrected chi connectivity index (χ1v) is 7.05. The molecule has 4 N–H and O–H groups in total. The zero-order valence-electron chi connectivity index (χ0n) is 12.2. The molecule has 0 aliphatic heterocycles. The van der Waals surface area contributed by atoms with Crippen LogP contribution in [-0.2, 0) is 0 Å². The van der Waals surface area contributed by atoms with Crippen molar-refractivity contribution in [3.05, 3.63) is 36.4 Å². The van der Waals surface area contributed by atoms with Crippen molar-refractivity contribution in [2.75, 3.05) is 30.0 Å². The summed E-state index contributed by atoms with van der Waals surface area (Å²) in [5, 5.41) is 9.21. The number of hydrazine groups is 1. The number of benzene rings is 1. The first-order valence-electron chi connectivity index (χ1n) is 7.05. The average Bonchev–Trinajstić information content (AvgIpc) is 2.55. The van der Waals surface area contributed by atoms with Gasteiger partial charge in [0.2, 0.25) is 0 Å². The van der Waals surface area contributed by atoms with E-state index >= 15 is 0 Å². The maximum absolute atomic E-state index is 9.21. The van der Waals surface area contributed by atoms with E-state index < -0.39 is 0 Å². The molecular formula is C15H21N5O. The standard InChI is InChI=1S/C15H21N5O/c1-2-8-20(9-10-21)14-11-13(19-16)17-15(18-14)12-6-4-3-5-7-12/h3-7,11,21H,2,8-10,16H2,1H3,(H,17,18,19). The lowest BCUT2D eigenvalue weighted by Crippen LogP contribution is -2.28. The summed E-state index contributed by atoms with van der Waals surface area (Å²) in [7, 11) is 0. The second-order valence-corrected chi connectivity index (χ2v) is 4.66. The van der Waals surface area contributed by atoms with Crippen molar-refractivity contribution in [1.82, 2.24) is 9.97 Å². The smallest absolute Gasteiger partial charge is 0.163 e. The van der Waals surface area contributed by atoms with Crippen molar-refractivity contribution in [2.24, 2.45) is 5.84 Å². The number of rotatable bonds is 7. The van der Waals surface area contributed by atoms with Crippen LogP contribution in [0.4, 0.5) is 11.6 Å². The van der Waals surface area contributed by atoms with E-state index in [0.29, 0.717) is 18.2 Å². The summed E-state index contributed by atoms with van der Waals surface area (Å²) in [6.45, 7) is 3.51. The highest BCUT2D eigenvalue weighted by molar-refractivity contribution is 5.61. The van der Waals surface area contributed by atoms with Gasteiger partial charge in [-0.15, -0.1) is 0 Å². The summed E-state index contributed by atoms with van der Waals surface area (Å²) in [4.78, 5) is 11.0. The summed E-state index contributed by atoms with van der Waals surface area (Å²) in [5.74, 6) is 7.43. The number of hydrogen-bond donors (Lipinski definition) is 3. The molecule has 6 heteroatoms. The van der Waals surface area contributed by atoms with Gasteiger partial charge in [-0.05, 0) is 6.42 Å². The summed E-state index contributed by atoms with van der Waals surface area (Å²) in [6.07, 6.45) is 0.968. The molecule has 0 bridgehead atoms. The van der Waals surface area contributed by atoms with Crippen LogP contribution >= 0.6 is 0 Å². The summed E-state index contributed by atoms with van der Waals surface area (Å²) in [6, 6.07) is 11.5. The normalized spacial score (nSPS) is 10.4. The molecule has 112 valence electrons. The summed E-state index contributed by atoms with van der Waals surface area (Å²) >= 11 is 0. The Hall–Kier alpha value is -2.18. The molecule has 21 heavy (non-hydrogen) atoms. The number of aliphatic hydroxyl groups excluding tert-OH is 1. The predicted molar refractivity (Wildman–Crippen MR) is 84.9 cm³/mol. The molecule has 1 heterocycles. The van der Waals surface area contributed by atoms with Gasteiger partial charge in [0.25, 0.3) is 0 Å². The van der Waals surface area contributed by atoms with Crippen LogP contribution < -0.4 is 16.2 Å². The molecule has 0 saturated carbocycles. The Morgan fingerprint density at radius 1 is 1.19 bits per heavy atom. The van der Waals surface area contributed by atoms with Gasteiger partial charge in [-0.25, -0.2) is 15.8 Å². The topological polar surface area (TPSA) is 87.3 Å². The van der Waals surface area contributed by atoms with E-state index in [1.807, 2.05) is 35.2 Å². The minimum absolute atomic E-state index is 0.0794. The number of nitrogens with two attached hydrogens (primary N) is 1. The number of aliphatic hydroxyl groups is 1. The predicted octanol–water partition coefficient (Wildman–Crippen LogP) is 1.64. The van der Waals surface area contributed by atoms with Gasteiger partial charge in [0, 0.05) is 24.7 Å². The molecule has 2 aromatic rings. The molecule has 0 aliphatic rings. The molecule has 1 aromatic heterocycles. The molecule has 0 amide bonds. The van der Waals surface area contributed by atoms with Crippen LogP contribution in [0, 0.1) is 0 Å². The number of nitrogens with zero attached hydrogens (tertiary/aromatic N) is 3. The SMILES string of the molecule is CCCN(CCO)c1cc(NN)nc(-c2ccccc2)n1. The lowest BCUT2D eigenvalue weighted by atomic mass is 10.2. The van der Waals surface area contributed by atoms with E-state index in [4.69, 9.17) is 5.84 Å². The quantitative estimate of drug-likeness (QED) is 0.530. The Labute approximate surface area is 124 Å². The minimum atomic E-state index is 0.0794. The van der Waals surface area contributed by atoms with E-state index in [9.17, 15) is 5.11 Å². The fourth-order valence-electron chi connectivity index (χ4n) is 2.12. The van der Waals surface area contributed by atoms with Crippen LogP contribution in [-0.4, -0.2) is 34.8 Å². The van der Waals surface area contributed by atoms with E-state index in [0.717, 1.165) is 24.3 Å². The van der Waals surface area contributed by atoms with Crippen molar-refractivity contribution in [2.45, 2.75) is 13.3 Å². The third-order valence-electron chi connectivity index (χ3n) is 3.08. The fourth-order valence-corrected chi connectivity index (χ4v) is 2.12. The first-order chi connectivity index (χ1) is 10.3. The highest BCUT2D eigenvalue weighted by atomic mass is 16.3. The van der Waals surface area contributed by atoms with E-state index in [-0.39, 0.29) is 6.61 Å². The largest absolute Gasteiger partial charge is 0.395 e. The highest BCUT2D eigenvalue weighted by Gasteiger charge is 2.11. The Balaban J connectivity index is 2.41. The van der Waals surface area contributed by atoms with Gasteiger partial charge in [0.05, 0.1) is 6.61 Å². The van der Waals surface area contributed by atoms with E-state index in [1.165, 1.54) is 0 Å². The first kappa shape index (κ1) is 15.2. The second kappa shape index (κ2) is 7.56. The molecule has 0 atom stereocenters. The van der Waals surface area contributed by atoms with Gasteiger partial charge in [0.1, 0.15) is 11.6 Å². The Morgan fingerprint density at radius 2 is 1.95 bits per heavy atom. The number of hydrogen-bond acceptors (Lipinski definition) is 6. The monoisotopic (exact) mass is 287 g/mol. The number of nitrogen functional groups attached to an aromatic ring is 1. The maximum atomic E-state index is 9.21. The molecule has 0 aliphatic carbocycles. The van der Waals surface area contributed by atoms with Crippen molar-refractivity contribution >= 4 is 11.6 Å². The van der Waals surface area contributed by atoms with E-state index in [2.05, 4.69) is 22.3 Å². The molecule has 0 radical (unpaired) electrons. The molecule has 1 aromatic carbocycles. The van der Waals surface area contributed by atoms with Crippen molar-refractivity contribution in [3.63, 3.8) is 0 Å².